The van der Waals surface area contributed by atoms with E-state index in [9.17, 15) is 0 Å². The van der Waals surface area contributed by atoms with Crippen LogP contribution in [0.2, 0.25) is 5.15 Å². The molecule has 0 aliphatic carbocycles. The Morgan fingerprint density at radius 3 is 1.72 bits per heavy atom. The summed E-state index contributed by atoms with van der Waals surface area (Å²) in [5.41, 5.74) is 8.23. The number of aromatic nitrogens is 6. The Bertz CT molecular complexity index is 2210. The van der Waals surface area contributed by atoms with Crippen LogP contribution >= 0.6 is 36.0 Å². The number of methoxy groups -OCH3 is 2. The van der Waals surface area contributed by atoms with E-state index in [0.717, 1.165) is 71.9 Å². The molecule has 0 aliphatic rings. The second-order valence-corrected chi connectivity index (χ2v) is 11.9. The smallest absolute Gasteiger partial charge is 0.156 e. The van der Waals surface area contributed by atoms with Crippen molar-refractivity contribution in [3.8, 4) is 11.5 Å². The van der Waals surface area contributed by atoms with E-state index in [4.69, 9.17) is 21.1 Å². The number of ether oxygens (including phenoxy) is 2. The summed E-state index contributed by atoms with van der Waals surface area (Å²) in [6.45, 7) is 0. The summed E-state index contributed by atoms with van der Waals surface area (Å²) in [7, 11) is 3.34. The zero-order chi connectivity index (χ0) is 32.6. The highest BCUT2D eigenvalue weighted by Crippen LogP contribution is 2.31. The molecule has 0 saturated heterocycles. The van der Waals surface area contributed by atoms with Gasteiger partial charge in [-0.2, -0.15) is 12.6 Å². The molecule has 0 fully saturated rings. The van der Waals surface area contributed by atoms with Crippen LogP contribution in [0.1, 0.15) is 11.1 Å². The number of rotatable bonds is 6. The molecule has 0 unspecified atom stereocenters. The lowest BCUT2D eigenvalue weighted by atomic mass is 10.2. The monoisotopic (exact) mass is 678 g/mol. The number of thiol groups is 1. The van der Waals surface area contributed by atoms with E-state index >= 15 is 0 Å². The quantitative estimate of drug-likeness (QED) is 0.0915. The molecule has 4 aromatic heterocycles. The predicted molar refractivity (Wildman–Crippen MR) is 196 cm³/mol. The molecule has 0 spiro atoms. The van der Waals surface area contributed by atoms with Gasteiger partial charge in [-0.3, -0.25) is 0 Å². The standard InChI is InChI=1S/C18H15N3OS.C10H6ClN3.C8H10OS/c1-22-13-8-6-12(7-9-13)10-23-18-17-16(19-11-20-18)14-4-2-3-5-15(14)21-17;11-10-9-8(12-5-13-10)6-3-1-2-4-7(6)14-9;1-9-8-4-2-7(6-10)3-5-8/h2-9,11,21H,10H2,1H3;1-5,14H;2-5,10H,6H2,1H3. The number of aromatic amines is 2. The third-order valence-electron chi connectivity index (χ3n) is 7.37. The Morgan fingerprint density at radius 2 is 1.15 bits per heavy atom. The van der Waals surface area contributed by atoms with Crippen LogP contribution in [0, 0.1) is 0 Å². The molecule has 4 heterocycles. The van der Waals surface area contributed by atoms with Crippen LogP contribution in [0.15, 0.2) is 115 Å². The van der Waals surface area contributed by atoms with Crippen LogP contribution in [-0.4, -0.2) is 44.1 Å². The van der Waals surface area contributed by atoms with Crippen LogP contribution in [0.3, 0.4) is 0 Å². The van der Waals surface area contributed by atoms with Crippen molar-refractivity contribution in [3.63, 3.8) is 0 Å². The van der Waals surface area contributed by atoms with E-state index in [1.165, 1.54) is 17.5 Å². The van der Waals surface area contributed by atoms with E-state index < -0.39 is 0 Å². The van der Waals surface area contributed by atoms with Crippen molar-refractivity contribution in [2.45, 2.75) is 16.5 Å². The molecule has 0 atom stereocenters. The summed E-state index contributed by atoms with van der Waals surface area (Å²) in [5.74, 6) is 3.40. The third kappa shape index (κ3) is 7.46. The molecule has 0 saturated carbocycles. The zero-order valence-corrected chi connectivity index (χ0v) is 28.1. The number of nitrogens with one attached hydrogen (secondary N) is 2. The maximum atomic E-state index is 5.95. The number of nitrogens with zero attached hydrogens (tertiary/aromatic N) is 4. The number of H-pyrrole nitrogens is 2. The van der Waals surface area contributed by atoms with E-state index in [2.05, 4.69) is 66.8 Å². The molecular weight excluding hydrogens is 648 g/mol. The van der Waals surface area contributed by atoms with Gasteiger partial charge < -0.3 is 19.4 Å². The van der Waals surface area contributed by atoms with Gasteiger partial charge in [0.25, 0.3) is 0 Å². The molecule has 236 valence electrons. The summed E-state index contributed by atoms with van der Waals surface area (Å²) in [5, 5.41) is 3.65. The third-order valence-corrected chi connectivity index (χ3v) is 9.09. The minimum absolute atomic E-state index is 0.464. The van der Waals surface area contributed by atoms with E-state index in [-0.39, 0.29) is 0 Å². The van der Waals surface area contributed by atoms with E-state index in [0.29, 0.717) is 5.15 Å². The maximum absolute atomic E-state index is 5.95. The molecule has 47 heavy (non-hydrogen) atoms. The van der Waals surface area contributed by atoms with Crippen LogP contribution in [-0.2, 0) is 11.5 Å². The van der Waals surface area contributed by atoms with Crippen LogP contribution < -0.4 is 9.47 Å². The van der Waals surface area contributed by atoms with Crippen LogP contribution in [0.5, 0.6) is 11.5 Å². The highest BCUT2D eigenvalue weighted by Gasteiger charge is 2.11. The van der Waals surface area contributed by atoms with Gasteiger partial charge in [0.15, 0.2) is 5.15 Å². The molecule has 0 radical (unpaired) electrons. The van der Waals surface area contributed by atoms with E-state index in [1.807, 2.05) is 72.8 Å². The average molecular weight is 679 g/mol. The predicted octanol–water partition coefficient (Wildman–Crippen LogP) is 9.30. The first-order valence-electron chi connectivity index (χ1n) is 14.7. The topological polar surface area (TPSA) is 102 Å². The van der Waals surface area contributed by atoms with Gasteiger partial charge in [0.05, 0.1) is 19.7 Å². The first kappa shape index (κ1) is 32.2. The first-order chi connectivity index (χ1) is 23.1. The van der Waals surface area contributed by atoms with Crippen molar-refractivity contribution >= 4 is 79.9 Å². The Kier molecular flexibility index (Phi) is 10.4. The Balaban J connectivity index is 0.000000137. The summed E-state index contributed by atoms with van der Waals surface area (Å²) in [6, 6.07) is 32.2. The number of para-hydroxylation sites is 2. The summed E-state index contributed by atoms with van der Waals surface area (Å²) in [6.07, 6.45) is 3.11. The molecule has 4 aromatic carbocycles. The lowest BCUT2D eigenvalue weighted by molar-refractivity contribution is 0.414. The second-order valence-electron chi connectivity index (χ2n) is 10.3. The SMILES string of the molecule is COc1ccc(CS)cc1.COc1ccc(CSc2ncnc3c2[nH]c2ccccc23)cc1.Clc1ncnc2c1[nH]c1ccccc12. The van der Waals surface area contributed by atoms with Crippen LogP contribution in [0.4, 0.5) is 0 Å². The van der Waals surface area contributed by atoms with Gasteiger partial charge in [-0.25, -0.2) is 19.9 Å². The highest BCUT2D eigenvalue weighted by atomic mass is 35.5. The molecule has 8 rings (SSSR count). The van der Waals surface area contributed by atoms with Gasteiger partial charge in [0, 0.05) is 33.3 Å². The molecule has 11 heteroatoms. The summed E-state index contributed by atoms with van der Waals surface area (Å²) < 4.78 is 10.2. The van der Waals surface area contributed by atoms with Crippen molar-refractivity contribution in [1.29, 1.82) is 0 Å². The maximum Gasteiger partial charge on any atom is 0.156 e. The number of halogens is 1. The van der Waals surface area contributed by atoms with Crippen molar-refractivity contribution in [2.75, 3.05) is 14.2 Å². The molecule has 8 nitrogen and oxygen atoms in total. The van der Waals surface area contributed by atoms with Gasteiger partial charge in [-0.05, 0) is 47.5 Å². The van der Waals surface area contributed by atoms with Gasteiger partial charge in [-0.15, -0.1) is 0 Å². The van der Waals surface area contributed by atoms with Crippen molar-refractivity contribution < 1.29 is 9.47 Å². The fraction of sp³-hybridized carbons (Fsp3) is 0.111. The van der Waals surface area contributed by atoms with Crippen molar-refractivity contribution in [3.05, 3.63) is 126 Å². The Morgan fingerprint density at radius 1 is 0.638 bits per heavy atom. The molecule has 2 N–H and O–H groups in total. The Hall–Kier alpha value is -4.77. The molecule has 8 aromatic rings. The zero-order valence-electron chi connectivity index (χ0n) is 25.6. The molecular formula is C36H31ClN6O2S2. The van der Waals surface area contributed by atoms with Gasteiger partial charge in [0.2, 0.25) is 0 Å². The van der Waals surface area contributed by atoms with E-state index in [1.54, 1.807) is 32.3 Å². The second kappa shape index (κ2) is 15.2. The van der Waals surface area contributed by atoms with Gasteiger partial charge in [-0.1, -0.05) is 84.0 Å². The number of hydrogen-bond acceptors (Lipinski definition) is 8. The number of benzene rings is 4. The average Bonchev–Trinajstić information content (AvgIpc) is 3.71. The lowest BCUT2D eigenvalue weighted by Crippen LogP contribution is -1.88. The fourth-order valence-corrected chi connectivity index (χ4v) is 6.25. The molecule has 0 amide bonds. The van der Waals surface area contributed by atoms with Crippen molar-refractivity contribution in [2.24, 2.45) is 0 Å². The summed E-state index contributed by atoms with van der Waals surface area (Å²) >= 11 is 11.8. The number of thioether (sulfide) groups is 1. The Labute approximate surface area is 286 Å². The molecule has 0 bridgehead atoms. The number of fused-ring (bicyclic) bond motifs is 6. The van der Waals surface area contributed by atoms with Gasteiger partial charge in [0.1, 0.15) is 45.7 Å². The number of hydrogen-bond donors (Lipinski definition) is 3. The lowest BCUT2D eigenvalue weighted by Gasteiger charge is -2.04. The minimum atomic E-state index is 0.464. The van der Waals surface area contributed by atoms with Crippen LogP contribution in [0.25, 0.3) is 43.9 Å². The largest absolute Gasteiger partial charge is 0.497 e. The first-order valence-corrected chi connectivity index (χ1v) is 16.7. The summed E-state index contributed by atoms with van der Waals surface area (Å²) in [4.78, 5) is 23.6. The minimum Gasteiger partial charge on any atom is -0.497 e. The normalized spacial score (nSPS) is 10.8. The fourth-order valence-electron chi connectivity index (χ4n) is 4.95. The van der Waals surface area contributed by atoms with Crippen molar-refractivity contribution in [1.82, 2.24) is 29.9 Å². The molecule has 0 aliphatic heterocycles. The van der Waals surface area contributed by atoms with Gasteiger partial charge >= 0.3 is 0 Å². The highest BCUT2D eigenvalue weighted by molar-refractivity contribution is 7.98.